The summed E-state index contributed by atoms with van der Waals surface area (Å²) in [5, 5.41) is 6.43. The van der Waals surface area contributed by atoms with Gasteiger partial charge in [0.2, 0.25) is 0 Å². The molecule has 0 spiro atoms. The molecular formula is C15H18N2O3S. The quantitative estimate of drug-likeness (QED) is 0.829. The maximum absolute atomic E-state index is 11.7. The van der Waals surface area contributed by atoms with E-state index in [2.05, 4.69) is 10.6 Å². The third-order valence-electron chi connectivity index (χ3n) is 2.79. The van der Waals surface area contributed by atoms with Crippen LogP contribution in [0.25, 0.3) is 10.1 Å². The number of nitrogens with one attached hydrogen (secondary N) is 2. The number of ether oxygens (including phenoxy) is 1. The lowest BCUT2D eigenvalue weighted by molar-refractivity contribution is 0.0532. The van der Waals surface area contributed by atoms with E-state index in [0.717, 1.165) is 16.5 Å². The lowest BCUT2D eigenvalue weighted by Gasteiger charge is -2.06. The summed E-state index contributed by atoms with van der Waals surface area (Å²) in [7, 11) is 0. The summed E-state index contributed by atoms with van der Waals surface area (Å²) in [6, 6.07) is 7.11. The first-order chi connectivity index (χ1) is 10.1. The molecule has 1 aromatic carbocycles. The Balaban J connectivity index is 2.14. The molecule has 0 saturated carbocycles. The van der Waals surface area contributed by atoms with Crippen LogP contribution in [-0.4, -0.2) is 25.2 Å². The van der Waals surface area contributed by atoms with Crippen LogP contribution in [0, 0.1) is 0 Å². The maximum atomic E-state index is 11.7. The van der Waals surface area contributed by atoms with Crippen LogP contribution in [0.1, 0.15) is 29.9 Å². The summed E-state index contributed by atoms with van der Waals surface area (Å²) in [4.78, 5) is 23.9. The van der Waals surface area contributed by atoms with Crippen LogP contribution in [0.3, 0.4) is 0 Å². The van der Waals surface area contributed by atoms with Crippen molar-refractivity contribution in [1.29, 1.82) is 0 Å². The zero-order valence-corrected chi connectivity index (χ0v) is 12.9. The molecule has 0 saturated heterocycles. The third-order valence-corrected chi connectivity index (χ3v) is 3.88. The molecule has 0 aliphatic heterocycles. The second-order valence-electron chi connectivity index (χ2n) is 4.46. The lowest BCUT2D eigenvalue weighted by atomic mass is 10.2. The van der Waals surface area contributed by atoms with Crippen molar-refractivity contribution < 1.29 is 14.3 Å². The number of fused-ring (bicyclic) bond motifs is 1. The molecular weight excluding hydrogens is 288 g/mol. The van der Waals surface area contributed by atoms with E-state index in [0.29, 0.717) is 23.7 Å². The van der Waals surface area contributed by atoms with E-state index in [9.17, 15) is 9.59 Å². The average molecular weight is 306 g/mol. The molecule has 112 valence electrons. The van der Waals surface area contributed by atoms with Gasteiger partial charge in [-0.15, -0.1) is 11.3 Å². The van der Waals surface area contributed by atoms with Crippen molar-refractivity contribution >= 4 is 39.1 Å². The van der Waals surface area contributed by atoms with Crippen molar-refractivity contribution in [2.45, 2.75) is 20.3 Å². The summed E-state index contributed by atoms with van der Waals surface area (Å²) in [5.41, 5.74) is 0.698. The average Bonchev–Trinajstić information content (AvgIpc) is 2.88. The third kappa shape index (κ3) is 3.95. The van der Waals surface area contributed by atoms with Crippen LogP contribution in [0.5, 0.6) is 0 Å². The van der Waals surface area contributed by atoms with Gasteiger partial charge in [-0.1, -0.05) is 6.92 Å². The monoisotopic (exact) mass is 306 g/mol. The Bertz CT molecular complexity index is 651. The van der Waals surface area contributed by atoms with Crippen molar-refractivity contribution in [2.75, 3.05) is 18.5 Å². The molecule has 0 radical (unpaired) electrons. The number of hydrogen-bond acceptors (Lipinski definition) is 4. The van der Waals surface area contributed by atoms with E-state index in [1.807, 2.05) is 25.1 Å². The summed E-state index contributed by atoms with van der Waals surface area (Å²) >= 11 is 1.38. The number of carbonyl (C=O) groups excluding carboxylic acids is 2. The van der Waals surface area contributed by atoms with Gasteiger partial charge in [0.25, 0.3) is 0 Å². The number of esters is 1. The van der Waals surface area contributed by atoms with Crippen molar-refractivity contribution in [3.63, 3.8) is 0 Å². The first-order valence-electron chi connectivity index (χ1n) is 6.89. The molecule has 2 rings (SSSR count). The van der Waals surface area contributed by atoms with Gasteiger partial charge < -0.3 is 15.4 Å². The predicted molar refractivity (Wildman–Crippen MR) is 85.1 cm³/mol. The maximum Gasteiger partial charge on any atom is 0.348 e. The highest BCUT2D eigenvalue weighted by Crippen LogP contribution is 2.28. The van der Waals surface area contributed by atoms with Crippen LogP contribution in [0.4, 0.5) is 10.5 Å². The summed E-state index contributed by atoms with van der Waals surface area (Å²) in [6.07, 6.45) is 0.889. The fraction of sp³-hybridized carbons (Fsp3) is 0.333. The molecule has 0 fully saturated rings. The molecule has 2 N–H and O–H groups in total. The van der Waals surface area contributed by atoms with Gasteiger partial charge in [0, 0.05) is 16.9 Å². The molecule has 1 heterocycles. The van der Waals surface area contributed by atoms with E-state index in [-0.39, 0.29) is 12.0 Å². The van der Waals surface area contributed by atoms with Crippen molar-refractivity contribution in [3.8, 4) is 0 Å². The van der Waals surface area contributed by atoms with E-state index in [1.54, 1.807) is 13.0 Å². The van der Waals surface area contributed by atoms with Gasteiger partial charge in [0.1, 0.15) is 4.88 Å². The van der Waals surface area contributed by atoms with Crippen molar-refractivity contribution in [1.82, 2.24) is 5.32 Å². The Morgan fingerprint density at radius 3 is 2.76 bits per heavy atom. The number of anilines is 1. The number of amides is 2. The van der Waals surface area contributed by atoms with Crippen LogP contribution in [0.15, 0.2) is 24.3 Å². The molecule has 0 unspecified atom stereocenters. The number of rotatable bonds is 5. The number of benzene rings is 1. The van der Waals surface area contributed by atoms with Crippen LogP contribution in [-0.2, 0) is 4.74 Å². The molecule has 0 atom stereocenters. The van der Waals surface area contributed by atoms with E-state index >= 15 is 0 Å². The Hall–Kier alpha value is -2.08. The molecule has 1 aromatic heterocycles. The van der Waals surface area contributed by atoms with Gasteiger partial charge in [0.15, 0.2) is 0 Å². The van der Waals surface area contributed by atoms with Crippen LogP contribution in [0.2, 0.25) is 0 Å². The topological polar surface area (TPSA) is 67.4 Å². The molecule has 2 amide bonds. The highest BCUT2D eigenvalue weighted by atomic mass is 32.1. The normalized spacial score (nSPS) is 10.4. The first-order valence-corrected chi connectivity index (χ1v) is 7.71. The fourth-order valence-electron chi connectivity index (χ4n) is 1.84. The fourth-order valence-corrected chi connectivity index (χ4v) is 2.77. The zero-order chi connectivity index (χ0) is 15.2. The summed E-state index contributed by atoms with van der Waals surface area (Å²) < 4.78 is 5.97. The summed E-state index contributed by atoms with van der Waals surface area (Å²) in [5.74, 6) is -0.311. The second kappa shape index (κ2) is 7.08. The standard InChI is InChI=1S/C15H18N2O3S/c1-3-7-16-15(19)17-11-5-6-12-10(8-11)9-13(21-12)14(18)20-4-2/h5-6,8-9H,3-4,7H2,1-2H3,(H2,16,17,19). The van der Waals surface area contributed by atoms with E-state index < -0.39 is 0 Å². The highest BCUT2D eigenvalue weighted by molar-refractivity contribution is 7.20. The second-order valence-corrected chi connectivity index (χ2v) is 5.55. The lowest BCUT2D eigenvalue weighted by Crippen LogP contribution is -2.29. The SMILES string of the molecule is CCCNC(=O)Nc1ccc2sc(C(=O)OCC)cc2c1. The van der Waals surface area contributed by atoms with Gasteiger partial charge in [-0.2, -0.15) is 0 Å². The van der Waals surface area contributed by atoms with Crippen molar-refractivity contribution in [3.05, 3.63) is 29.1 Å². The number of urea groups is 1. The Labute approximate surface area is 127 Å². The molecule has 5 nitrogen and oxygen atoms in total. The number of thiophene rings is 1. The summed E-state index contributed by atoms with van der Waals surface area (Å²) in [6.45, 7) is 4.77. The first kappa shape index (κ1) is 15.3. The number of carbonyl (C=O) groups is 2. The minimum atomic E-state index is -0.311. The van der Waals surface area contributed by atoms with Crippen LogP contribution < -0.4 is 10.6 Å². The van der Waals surface area contributed by atoms with Crippen molar-refractivity contribution in [2.24, 2.45) is 0 Å². The molecule has 6 heteroatoms. The molecule has 0 aliphatic rings. The Kier molecular flexibility index (Phi) is 5.16. The highest BCUT2D eigenvalue weighted by Gasteiger charge is 2.11. The Morgan fingerprint density at radius 2 is 2.05 bits per heavy atom. The minimum absolute atomic E-state index is 0.225. The molecule has 21 heavy (non-hydrogen) atoms. The van der Waals surface area contributed by atoms with Gasteiger partial charge in [-0.05, 0) is 43.0 Å². The van der Waals surface area contributed by atoms with E-state index in [4.69, 9.17) is 4.74 Å². The Morgan fingerprint density at radius 1 is 1.24 bits per heavy atom. The molecule has 0 aliphatic carbocycles. The van der Waals surface area contributed by atoms with Crippen LogP contribution >= 0.6 is 11.3 Å². The predicted octanol–water partition coefficient (Wildman–Crippen LogP) is 3.61. The van der Waals surface area contributed by atoms with Gasteiger partial charge in [0.05, 0.1) is 6.61 Å². The zero-order valence-electron chi connectivity index (χ0n) is 12.1. The van der Waals surface area contributed by atoms with Gasteiger partial charge in [-0.25, -0.2) is 9.59 Å². The number of hydrogen-bond donors (Lipinski definition) is 2. The van der Waals surface area contributed by atoms with Gasteiger partial charge in [-0.3, -0.25) is 0 Å². The largest absolute Gasteiger partial charge is 0.462 e. The van der Waals surface area contributed by atoms with E-state index in [1.165, 1.54) is 11.3 Å². The minimum Gasteiger partial charge on any atom is -0.462 e. The van der Waals surface area contributed by atoms with Gasteiger partial charge >= 0.3 is 12.0 Å². The molecule has 0 bridgehead atoms. The molecule has 2 aromatic rings. The smallest absolute Gasteiger partial charge is 0.348 e.